The molecule has 1 heterocycles. The zero-order valence-electron chi connectivity index (χ0n) is 11.9. The molecule has 0 saturated heterocycles. The summed E-state index contributed by atoms with van der Waals surface area (Å²) in [7, 11) is 0. The van der Waals surface area contributed by atoms with Gasteiger partial charge in [0, 0.05) is 12.6 Å². The maximum atomic E-state index is 11.7. The van der Waals surface area contributed by atoms with Crippen molar-refractivity contribution in [2.24, 2.45) is 0 Å². The highest BCUT2D eigenvalue weighted by molar-refractivity contribution is 6.32. The van der Waals surface area contributed by atoms with Gasteiger partial charge in [-0.05, 0) is 37.5 Å². The molecule has 0 aromatic heterocycles. The smallest absolute Gasteiger partial charge is 0.320 e. The summed E-state index contributed by atoms with van der Waals surface area (Å²) in [5, 5.41) is 0.548. The van der Waals surface area contributed by atoms with Crippen LogP contribution in [-0.4, -0.2) is 36.9 Å². The van der Waals surface area contributed by atoms with Crippen LogP contribution in [0.2, 0.25) is 5.02 Å². The van der Waals surface area contributed by atoms with Crippen LogP contribution in [0, 0.1) is 0 Å². The summed E-state index contributed by atoms with van der Waals surface area (Å²) < 4.78 is 15.7. The van der Waals surface area contributed by atoms with E-state index in [2.05, 4.69) is 4.90 Å². The highest BCUT2D eigenvalue weighted by atomic mass is 35.5. The highest BCUT2D eigenvalue weighted by Crippen LogP contribution is 2.40. The minimum absolute atomic E-state index is 0.184. The van der Waals surface area contributed by atoms with E-state index in [1.807, 2.05) is 19.1 Å². The van der Waals surface area contributed by atoms with E-state index < -0.39 is 0 Å². The molecule has 0 amide bonds. The molecule has 114 valence electrons. The Morgan fingerprint density at radius 2 is 2.24 bits per heavy atom. The van der Waals surface area contributed by atoms with E-state index in [0.29, 0.717) is 42.3 Å². The van der Waals surface area contributed by atoms with Crippen LogP contribution >= 0.6 is 11.6 Å². The van der Waals surface area contributed by atoms with Gasteiger partial charge < -0.3 is 14.2 Å². The monoisotopic (exact) mass is 311 g/mol. The van der Waals surface area contributed by atoms with Gasteiger partial charge in [-0.3, -0.25) is 9.69 Å². The first-order valence-corrected chi connectivity index (χ1v) is 7.53. The fraction of sp³-hybridized carbons (Fsp3) is 0.533. The lowest BCUT2D eigenvalue weighted by Crippen LogP contribution is -2.32. The number of hydrogen-bond acceptors (Lipinski definition) is 5. The van der Waals surface area contributed by atoms with Crippen molar-refractivity contribution in [3.63, 3.8) is 0 Å². The largest absolute Gasteiger partial charge is 0.465 e. The lowest BCUT2D eigenvalue weighted by molar-refractivity contribution is -0.144. The van der Waals surface area contributed by atoms with Gasteiger partial charge in [-0.25, -0.2) is 0 Å². The van der Waals surface area contributed by atoms with Gasteiger partial charge in [0.15, 0.2) is 11.5 Å². The number of halogens is 1. The summed E-state index contributed by atoms with van der Waals surface area (Å²) in [4.78, 5) is 13.8. The van der Waals surface area contributed by atoms with Crippen molar-refractivity contribution in [2.45, 2.75) is 32.4 Å². The number of benzene rings is 1. The summed E-state index contributed by atoms with van der Waals surface area (Å²) in [5.41, 5.74) is 1.01. The van der Waals surface area contributed by atoms with Gasteiger partial charge in [0.05, 0.1) is 18.2 Å². The molecule has 1 aliphatic heterocycles. The maximum Gasteiger partial charge on any atom is 0.320 e. The van der Waals surface area contributed by atoms with Gasteiger partial charge in [0.2, 0.25) is 6.79 Å². The maximum absolute atomic E-state index is 11.7. The number of carbonyl (C=O) groups is 1. The van der Waals surface area contributed by atoms with Crippen molar-refractivity contribution in [2.75, 3.05) is 19.9 Å². The number of esters is 1. The Morgan fingerprint density at radius 3 is 2.95 bits per heavy atom. The summed E-state index contributed by atoms with van der Waals surface area (Å²) in [5.74, 6) is 1.09. The summed E-state index contributed by atoms with van der Waals surface area (Å²) >= 11 is 6.19. The molecular weight excluding hydrogens is 294 g/mol. The van der Waals surface area contributed by atoms with Crippen molar-refractivity contribution in [3.05, 3.63) is 22.7 Å². The lowest BCUT2D eigenvalue weighted by Gasteiger charge is -2.21. The van der Waals surface area contributed by atoms with Crippen LogP contribution in [0.3, 0.4) is 0 Å². The third kappa shape index (κ3) is 3.41. The fourth-order valence-corrected chi connectivity index (χ4v) is 2.76. The van der Waals surface area contributed by atoms with E-state index >= 15 is 0 Å². The second kappa shape index (κ2) is 6.12. The topological polar surface area (TPSA) is 48.0 Å². The molecule has 0 radical (unpaired) electrons. The Hall–Kier alpha value is -1.46. The number of ether oxygens (including phenoxy) is 3. The molecule has 0 atom stereocenters. The number of carbonyl (C=O) groups excluding carboxylic acids is 1. The van der Waals surface area contributed by atoms with Gasteiger partial charge in [-0.15, -0.1) is 0 Å². The summed E-state index contributed by atoms with van der Waals surface area (Å²) in [6.45, 7) is 3.39. The molecule has 0 spiro atoms. The molecule has 5 nitrogen and oxygen atoms in total. The SMILES string of the molecule is CCOC(=O)CN(Cc1cc(Cl)c2c(c1)OCO2)C1CC1. The molecule has 3 rings (SSSR count). The first kappa shape index (κ1) is 14.5. The Balaban J connectivity index is 1.71. The first-order valence-electron chi connectivity index (χ1n) is 7.15. The Labute approximate surface area is 128 Å². The second-order valence-corrected chi connectivity index (χ2v) is 5.66. The van der Waals surface area contributed by atoms with Crippen LogP contribution < -0.4 is 9.47 Å². The van der Waals surface area contributed by atoms with E-state index in [9.17, 15) is 4.79 Å². The van der Waals surface area contributed by atoms with Crippen LogP contribution in [0.25, 0.3) is 0 Å². The highest BCUT2D eigenvalue weighted by Gasteiger charge is 2.31. The predicted octanol–water partition coefficient (Wildman–Crippen LogP) is 2.60. The first-order chi connectivity index (χ1) is 10.2. The molecule has 0 unspecified atom stereocenters. The number of rotatable bonds is 6. The van der Waals surface area contributed by atoms with Gasteiger partial charge in [0.1, 0.15) is 0 Å². The average molecular weight is 312 g/mol. The molecule has 2 aliphatic rings. The van der Waals surface area contributed by atoms with E-state index in [4.69, 9.17) is 25.8 Å². The Morgan fingerprint density at radius 1 is 1.43 bits per heavy atom. The van der Waals surface area contributed by atoms with E-state index in [1.165, 1.54) is 0 Å². The molecule has 21 heavy (non-hydrogen) atoms. The fourth-order valence-electron chi connectivity index (χ4n) is 2.47. The molecule has 0 N–H and O–H groups in total. The van der Waals surface area contributed by atoms with Gasteiger partial charge >= 0.3 is 5.97 Å². The van der Waals surface area contributed by atoms with Gasteiger partial charge in [-0.2, -0.15) is 0 Å². The number of hydrogen-bond donors (Lipinski definition) is 0. The predicted molar refractivity (Wildman–Crippen MR) is 77.6 cm³/mol. The molecule has 1 aromatic rings. The summed E-state index contributed by atoms with van der Waals surface area (Å²) in [6.07, 6.45) is 2.25. The molecule has 1 aromatic carbocycles. The van der Waals surface area contributed by atoms with Gasteiger partial charge in [0.25, 0.3) is 0 Å². The Bertz CT molecular complexity index is 545. The summed E-state index contributed by atoms with van der Waals surface area (Å²) in [6, 6.07) is 4.25. The third-order valence-corrected chi connectivity index (χ3v) is 3.85. The lowest BCUT2D eigenvalue weighted by atomic mass is 10.2. The van der Waals surface area contributed by atoms with Crippen molar-refractivity contribution in [1.82, 2.24) is 4.90 Å². The Kier molecular flexibility index (Phi) is 4.22. The van der Waals surface area contributed by atoms with Crippen molar-refractivity contribution in [3.8, 4) is 11.5 Å². The zero-order valence-corrected chi connectivity index (χ0v) is 12.7. The second-order valence-electron chi connectivity index (χ2n) is 5.25. The van der Waals surface area contributed by atoms with Crippen LogP contribution in [-0.2, 0) is 16.1 Å². The van der Waals surface area contributed by atoms with Gasteiger partial charge in [-0.1, -0.05) is 11.6 Å². The van der Waals surface area contributed by atoms with Crippen molar-refractivity contribution in [1.29, 1.82) is 0 Å². The van der Waals surface area contributed by atoms with E-state index in [1.54, 1.807) is 0 Å². The van der Waals surface area contributed by atoms with Crippen LogP contribution in [0.1, 0.15) is 25.3 Å². The molecule has 1 saturated carbocycles. The zero-order chi connectivity index (χ0) is 14.8. The molecule has 1 fully saturated rings. The van der Waals surface area contributed by atoms with Crippen molar-refractivity contribution >= 4 is 17.6 Å². The standard InChI is InChI=1S/C15H18ClNO4/c1-2-19-14(18)8-17(11-3-4-11)7-10-5-12(16)15-13(6-10)20-9-21-15/h5-6,11H,2-4,7-9H2,1H3. The molecule has 6 heteroatoms. The molecule has 1 aliphatic carbocycles. The quantitative estimate of drug-likeness (QED) is 0.756. The van der Waals surface area contributed by atoms with Crippen LogP contribution in [0.4, 0.5) is 0 Å². The average Bonchev–Trinajstić information content (AvgIpc) is 3.17. The van der Waals surface area contributed by atoms with Crippen LogP contribution in [0.5, 0.6) is 11.5 Å². The van der Waals surface area contributed by atoms with Crippen molar-refractivity contribution < 1.29 is 19.0 Å². The molecular formula is C15H18ClNO4. The third-order valence-electron chi connectivity index (χ3n) is 3.57. The normalized spacial score (nSPS) is 16.3. The van der Waals surface area contributed by atoms with E-state index in [-0.39, 0.29) is 12.8 Å². The number of nitrogens with zero attached hydrogens (tertiary/aromatic N) is 1. The number of fused-ring (bicyclic) bond motifs is 1. The van der Waals surface area contributed by atoms with Crippen LogP contribution in [0.15, 0.2) is 12.1 Å². The minimum Gasteiger partial charge on any atom is -0.465 e. The minimum atomic E-state index is -0.184. The molecule has 0 bridgehead atoms. The van der Waals surface area contributed by atoms with E-state index in [0.717, 1.165) is 18.4 Å².